The first-order chi connectivity index (χ1) is 39.6. The Kier molecular flexibility index (Phi) is 21.7. The molecule has 5 heterocycles. The van der Waals surface area contributed by atoms with E-state index in [1.165, 1.54) is 45.5 Å². The summed E-state index contributed by atoms with van der Waals surface area (Å²) in [4.78, 5) is 114. The predicted molar refractivity (Wildman–Crippen MR) is 318 cm³/mol. The number of benzene rings is 2. The molecule has 7 rings (SSSR count). The van der Waals surface area contributed by atoms with Crippen LogP contribution in [-0.4, -0.2) is 162 Å². The maximum Gasteiger partial charge on any atom is 0.409 e. The molecule has 25 heteroatoms. The van der Waals surface area contributed by atoms with E-state index >= 15 is 0 Å². The van der Waals surface area contributed by atoms with Crippen LogP contribution in [0.4, 0.5) is 16.2 Å². The molecule has 0 saturated carbocycles. The number of epoxide rings is 1. The van der Waals surface area contributed by atoms with Crippen molar-refractivity contribution in [2.45, 2.75) is 166 Å². The second kappa shape index (κ2) is 27.9. The van der Waals surface area contributed by atoms with Gasteiger partial charge in [-0.1, -0.05) is 70.0 Å². The molecule has 3 saturated heterocycles. The van der Waals surface area contributed by atoms with Crippen LogP contribution in [0.15, 0.2) is 59.2 Å². The number of aliphatic hydroxyl groups is 1. The monoisotopic (exact) mass is 1220 g/mol. The molecule has 8 atom stereocenters. The van der Waals surface area contributed by atoms with Crippen molar-refractivity contribution in [1.82, 2.24) is 20.7 Å². The number of amides is 6. The summed E-state index contributed by atoms with van der Waals surface area (Å²) in [5, 5.41) is 19.9. The Hall–Kier alpha value is -6.18. The van der Waals surface area contributed by atoms with E-state index in [-0.39, 0.29) is 63.4 Å². The van der Waals surface area contributed by atoms with Crippen molar-refractivity contribution in [2.24, 2.45) is 11.0 Å². The smallest absolute Gasteiger partial charge is 0.409 e. The summed E-state index contributed by atoms with van der Waals surface area (Å²) < 4.78 is 29.3. The Balaban J connectivity index is 0.929. The first-order valence-electron chi connectivity index (χ1n) is 28.1. The molecule has 0 aliphatic carbocycles. The lowest BCUT2D eigenvalue weighted by Crippen LogP contribution is -2.63. The Bertz CT molecular complexity index is 2940. The number of allylic oxidation sites excluding steroid dienone is 3. The number of imide groups is 1. The molecule has 0 radical (unpaired) electrons. The number of hydrogen-bond acceptors (Lipinski definition) is 19. The zero-order valence-electron chi connectivity index (χ0n) is 49.6. The van der Waals surface area contributed by atoms with E-state index in [1.807, 2.05) is 65.1 Å². The number of fused-ring (bicyclic) bond motifs is 6. The molecular weight excluding hydrogens is 1150 g/mol. The quantitative estimate of drug-likeness (QED) is 0.0331. The van der Waals surface area contributed by atoms with Crippen LogP contribution in [0.1, 0.15) is 122 Å². The molecule has 2 aromatic rings. The zero-order chi connectivity index (χ0) is 61.4. The number of ether oxygens (including phenoxy) is 5. The van der Waals surface area contributed by atoms with Gasteiger partial charge in [0.05, 0.1) is 42.0 Å². The number of alkyl carbamates (subject to hydrolysis) is 1. The van der Waals surface area contributed by atoms with Crippen molar-refractivity contribution in [3.05, 3.63) is 75.8 Å². The molecule has 84 heavy (non-hydrogen) atoms. The highest BCUT2D eigenvalue weighted by Gasteiger charge is 2.64. The van der Waals surface area contributed by atoms with Gasteiger partial charge in [0, 0.05) is 101 Å². The molecule has 3 fully saturated rings. The highest BCUT2D eigenvalue weighted by Crippen LogP contribution is 2.49. The van der Waals surface area contributed by atoms with Gasteiger partial charge in [-0.15, -0.1) is 5.06 Å². The average Bonchev–Trinajstić information content (AvgIpc) is 1.72. The normalized spacial score (nSPS) is 26.6. The predicted octanol–water partition coefficient (Wildman–Crippen LogP) is 7.27. The third-order valence-corrected chi connectivity index (χ3v) is 19.5. The van der Waals surface area contributed by atoms with Gasteiger partial charge in [0.25, 0.3) is 11.8 Å². The molecular formula is C59H78ClN7O15S2. The number of hydrazone groups is 1. The highest BCUT2D eigenvalue weighted by atomic mass is 35.5. The largest absolute Gasteiger partial charge is 0.494 e. The third kappa shape index (κ3) is 16.2. The highest BCUT2D eigenvalue weighted by molar-refractivity contribution is 8.77. The Labute approximate surface area is 503 Å². The number of aryl methyl sites for hydroxylation is 1. The van der Waals surface area contributed by atoms with Crippen LogP contribution >= 0.6 is 33.2 Å². The molecule has 2 aromatic carbocycles. The fourth-order valence-electron chi connectivity index (χ4n) is 10.6. The van der Waals surface area contributed by atoms with Crippen molar-refractivity contribution in [1.29, 1.82) is 0 Å². The summed E-state index contributed by atoms with van der Waals surface area (Å²) in [6.07, 6.45) is 2.62. The van der Waals surface area contributed by atoms with E-state index in [2.05, 4.69) is 20.7 Å². The number of carbonyl (C=O) groups is 8. The van der Waals surface area contributed by atoms with Gasteiger partial charge in [-0.25, -0.2) is 19.8 Å². The minimum absolute atomic E-state index is 0.0201. The number of rotatable bonds is 18. The molecule has 6 amide bonds. The average molecular weight is 1220 g/mol. The number of halogens is 1. The van der Waals surface area contributed by atoms with Crippen molar-refractivity contribution >= 4 is 97.8 Å². The van der Waals surface area contributed by atoms with Crippen LogP contribution in [0.3, 0.4) is 0 Å². The standard InChI is InChI=1S/C59H78ClN7O15S2/c1-34-15-12-17-45(77-11)59(76)32-44(79-56(75)61-59)36(3)54-58(7,81-54)46(31-51(72)66(10)43-29-38(27-34)28-35(2)53(43)60)80-55(74)37(4)65(9)48(69)23-26-83-84-57(5,6)33-47(68)63-62-41-16-13-24-64(8)42-30-39(19-20-40(41)42)78-25-14-18-52(73)82-67-49(70)21-22-50(67)71/h12,15,17,19-20,28-30,36-37,44-46,54,76H,13-14,16,18,21-27,31-33H2,1-11H3,(H,61,75)(H,63,68)/b17-12+,34-15+,62-41+/t36-,37+,44+,45-,46+,54+,58+,59+/m1/s1. The van der Waals surface area contributed by atoms with Gasteiger partial charge in [0.15, 0.2) is 5.72 Å². The Morgan fingerprint density at radius 3 is 2.48 bits per heavy atom. The van der Waals surface area contributed by atoms with E-state index in [4.69, 9.17) is 40.1 Å². The molecule has 5 aliphatic rings. The van der Waals surface area contributed by atoms with Crippen molar-refractivity contribution in [3.63, 3.8) is 0 Å². The number of methoxy groups -OCH3 is 1. The van der Waals surface area contributed by atoms with Gasteiger partial charge < -0.3 is 48.3 Å². The van der Waals surface area contributed by atoms with Gasteiger partial charge in [-0.3, -0.25) is 29.3 Å². The first-order valence-corrected chi connectivity index (χ1v) is 30.8. The van der Waals surface area contributed by atoms with Gasteiger partial charge in [0.2, 0.25) is 17.7 Å². The van der Waals surface area contributed by atoms with Gasteiger partial charge in [0.1, 0.15) is 35.7 Å². The molecule has 4 bridgehead atoms. The molecule has 0 aromatic heterocycles. The molecule has 22 nitrogen and oxygen atoms in total. The molecule has 0 unspecified atom stereocenters. The number of anilines is 2. The Morgan fingerprint density at radius 1 is 1.04 bits per heavy atom. The van der Waals surface area contributed by atoms with Crippen LogP contribution < -0.4 is 25.3 Å². The second-order valence-corrected chi connectivity index (χ2v) is 26.4. The SMILES string of the molecule is CO[C@@H]1/C=C/C=C(\C)Cc2cc(C)c(Cl)c(c2)N(C)C(=O)C[C@H](OC(=O)[C@H](C)N(C)C(=O)CCSSC(C)(C)CC(=O)N/N=C2\CCCN(C)c3cc(OCCCC(=O)ON4C(=O)CCC4=O)ccc32)[C@]2(C)O[C@H]2[C@H](C)[C@@H]2C[C@@]1(O)NC(=O)O2. The summed E-state index contributed by atoms with van der Waals surface area (Å²) in [6.45, 7) is 13.6. The van der Waals surface area contributed by atoms with Crippen molar-refractivity contribution < 1.29 is 72.0 Å². The van der Waals surface area contributed by atoms with E-state index in [0.717, 1.165) is 40.9 Å². The number of hydroxylamine groups is 2. The summed E-state index contributed by atoms with van der Waals surface area (Å²) in [6, 6.07) is 8.25. The van der Waals surface area contributed by atoms with E-state index in [1.54, 1.807) is 46.0 Å². The van der Waals surface area contributed by atoms with Crippen molar-refractivity contribution in [3.8, 4) is 5.75 Å². The lowest BCUT2D eigenvalue weighted by molar-refractivity contribution is -0.197. The number of esters is 1. The third-order valence-electron chi connectivity index (χ3n) is 15.7. The van der Waals surface area contributed by atoms with Crippen LogP contribution in [0.2, 0.25) is 5.02 Å². The molecule has 3 N–H and O–H groups in total. The number of likely N-dealkylation sites (N-methyl/N-ethyl adjacent to an activating group) is 1. The molecule has 458 valence electrons. The van der Waals surface area contributed by atoms with Crippen LogP contribution in [0.25, 0.3) is 0 Å². The maximum absolute atomic E-state index is 14.4. The molecule has 0 spiro atoms. The summed E-state index contributed by atoms with van der Waals surface area (Å²) in [5.74, 6) is -3.25. The maximum atomic E-state index is 14.4. The Morgan fingerprint density at radius 2 is 1.76 bits per heavy atom. The van der Waals surface area contributed by atoms with Gasteiger partial charge >= 0.3 is 18.0 Å². The minimum Gasteiger partial charge on any atom is -0.494 e. The fourth-order valence-corrected chi connectivity index (χ4v) is 13.3. The summed E-state index contributed by atoms with van der Waals surface area (Å²) in [7, 11) is 9.36. The number of hydrogen-bond donors (Lipinski definition) is 3. The van der Waals surface area contributed by atoms with E-state index in [0.29, 0.717) is 52.2 Å². The topological polar surface area (TPSA) is 265 Å². The summed E-state index contributed by atoms with van der Waals surface area (Å²) >= 11 is 6.86. The van der Waals surface area contributed by atoms with Crippen molar-refractivity contribution in [2.75, 3.05) is 57.0 Å². The summed E-state index contributed by atoms with van der Waals surface area (Å²) in [5.41, 5.74) is 5.05. The lowest BCUT2D eigenvalue weighted by atomic mass is 9.83. The van der Waals surface area contributed by atoms with E-state index in [9.17, 15) is 43.5 Å². The first kappa shape index (κ1) is 65.4. The minimum atomic E-state index is -1.86. The second-order valence-electron chi connectivity index (χ2n) is 22.9. The fraction of sp³-hybridized carbons (Fsp3) is 0.576. The lowest BCUT2D eigenvalue weighted by Gasteiger charge is -2.42. The number of carbonyl (C=O) groups excluding carboxylic acids is 8. The van der Waals surface area contributed by atoms with Crippen LogP contribution in [0.5, 0.6) is 5.75 Å². The van der Waals surface area contributed by atoms with Gasteiger partial charge in [-0.05, 0) is 96.6 Å². The molecule has 5 aliphatic heterocycles. The number of nitrogens with zero attached hydrogens (tertiary/aromatic N) is 5. The van der Waals surface area contributed by atoms with Gasteiger partial charge in [-0.2, -0.15) is 5.10 Å². The number of nitrogens with one attached hydrogen (secondary N) is 2. The van der Waals surface area contributed by atoms with Crippen LogP contribution in [-0.2, 0) is 63.8 Å². The van der Waals surface area contributed by atoms with E-state index < -0.39 is 88.2 Å². The van der Waals surface area contributed by atoms with Crippen LogP contribution in [0, 0.1) is 12.8 Å². The zero-order valence-corrected chi connectivity index (χ0v) is 52.0.